The van der Waals surface area contributed by atoms with Gasteiger partial charge in [0.05, 0.1) is 25.5 Å². The molecule has 1 aromatic heterocycles. The quantitative estimate of drug-likeness (QED) is 0.606. The van der Waals surface area contributed by atoms with Crippen molar-refractivity contribution in [3.8, 4) is 0 Å². The molecule has 4 nitrogen and oxygen atoms in total. The number of nitrogens with zero attached hydrogens (tertiary/aromatic N) is 2. The Labute approximate surface area is 112 Å². The largest absolute Gasteiger partial charge is 0.380 e. The van der Waals surface area contributed by atoms with Crippen molar-refractivity contribution < 1.29 is 9.53 Å². The standard InChI is InChI=1S/C13H17ClN2O2/c1-10-3-4-12(14)15-11(10)5-16(9-17)6-13(2)7-18-8-13/h3-4,9H,5-8H2,1-2H3. The molecule has 1 aromatic rings. The molecule has 2 rings (SSSR count). The van der Waals surface area contributed by atoms with Crippen LogP contribution >= 0.6 is 11.6 Å². The van der Waals surface area contributed by atoms with Crippen molar-refractivity contribution in [2.45, 2.75) is 20.4 Å². The molecule has 0 spiro atoms. The number of hydrogen-bond acceptors (Lipinski definition) is 3. The molecule has 18 heavy (non-hydrogen) atoms. The monoisotopic (exact) mass is 268 g/mol. The van der Waals surface area contributed by atoms with E-state index in [1.54, 1.807) is 11.0 Å². The molecule has 1 amide bonds. The molecule has 0 bridgehead atoms. The van der Waals surface area contributed by atoms with Crippen LogP contribution in [0.4, 0.5) is 0 Å². The molecule has 5 heteroatoms. The van der Waals surface area contributed by atoms with Crippen molar-refractivity contribution in [2.24, 2.45) is 5.41 Å². The fourth-order valence-corrected chi connectivity index (χ4v) is 2.22. The fourth-order valence-electron chi connectivity index (χ4n) is 2.06. The van der Waals surface area contributed by atoms with Crippen molar-refractivity contribution in [3.05, 3.63) is 28.5 Å². The minimum atomic E-state index is 0.0768. The number of amides is 1. The predicted molar refractivity (Wildman–Crippen MR) is 69.4 cm³/mol. The lowest BCUT2D eigenvalue weighted by Gasteiger charge is -2.40. The molecule has 2 heterocycles. The normalized spacial score (nSPS) is 17.1. The van der Waals surface area contributed by atoms with Gasteiger partial charge in [0, 0.05) is 12.0 Å². The summed E-state index contributed by atoms with van der Waals surface area (Å²) in [5, 5.41) is 0.458. The zero-order valence-electron chi connectivity index (χ0n) is 10.6. The van der Waals surface area contributed by atoms with Gasteiger partial charge in [0.2, 0.25) is 6.41 Å². The van der Waals surface area contributed by atoms with Crippen molar-refractivity contribution in [2.75, 3.05) is 19.8 Å². The first-order valence-electron chi connectivity index (χ1n) is 5.91. The van der Waals surface area contributed by atoms with Crippen LogP contribution in [-0.2, 0) is 16.1 Å². The van der Waals surface area contributed by atoms with Gasteiger partial charge >= 0.3 is 0 Å². The van der Waals surface area contributed by atoms with Gasteiger partial charge in [-0.1, -0.05) is 24.6 Å². The van der Waals surface area contributed by atoms with E-state index in [1.807, 2.05) is 13.0 Å². The van der Waals surface area contributed by atoms with Gasteiger partial charge < -0.3 is 9.64 Å². The van der Waals surface area contributed by atoms with Crippen molar-refractivity contribution in [1.82, 2.24) is 9.88 Å². The minimum absolute atomic E-state index is 0.0768. The van der Waals surface area contributed by atoms with Gasteiger partial charge in [0.25, 0.3) is 0 Å². The summed E-state index contributed by atoms with van der Waals surface area (Å²) in [4.78, 5) is 17.1. The number of ether oxygens (including phenoxy) is 1. The number of hydrogen-bond donors (Lipinski definition) is 0. The number of pyridine rings is 1. The zero-order valence-corrected chi connectivity index (χ0v) is 11.4. The molecule has 1 fully saturated rings. The van der Waals surface area contributed by atoms with Gasteiger partial charge in [-0.05, 0) is 18.6 Å². The molecule has 0 aromatic carbocycles. The topological polar surface area (TPSA) is 42.4 Å². The first-order chi connectivity index (χ1) is 8.52. The molecular weight excluding hydrogens is 252 g/mol. The van der Waals surface area contributed by atoms with Gasteiger partial charge in [-0.2, -0.15) is 0 Å². The van der Waals surface area contributed by atoms with E-state index in [0.717, 1.165) is 17.7 Å². The summed E-state index contributed by atoms with van der Waals surface area (Å²) >= 11 is 5.88. The fraction of sp³-hybridized carbons (Fsp3) is 0.538. The highest BCUT2D eigenvalue weighted by Crippen LogP contribution is 2.27. The third kappa shape index (κ3) is 3.00. The summed E-state index contributed by atoms with van der Waals surface area (Å²) in [6.45, 7) is 6.68. The first kappa shape index (κ1) is 13.3. The second-order valence-corrected chi connectivity index (χ2v) is 5.60. The molecule has 0 radical (unpaired) electrons. The Balaban J connectivity index is 2.05. The van der Waals surface area contributed by atoms with E-state index in [1.165, 1.54) is 0 Å². The lowest BCUT2D eigenvalue weighted by Crippen LogP contribution is -2.48. The summed E-state index contributed by atoms with van der Waals surface area (Å²) in [5.41, 5.74) is 1.97. The van der Waals surface area contributed by atoms with Crippen LogP contribution in [0.25, 0.3) is 0 Å². The number of carbonyl (C=O) groups excluding carboxylic acids is 1. The van der Waals surface area contributed by atoms with Crippen molar-refractivity contribution in [3.63, 3.8) is 0 Å². The highest BCUT2D eigenvalue weighted by molar-refractivity contribution is 6.29. The van der Waals surface area contributed by atoms with Crippen LogP contribution in [0.1, 0.15) is 18.2 Å². The Bertz CT molecular complexity index is 447. The molecule has 1 aliphatic rings. The zero-order chi connectivity index (χ0) is 13.2. The Hall–Kier alpha value is -1.13. The predicted octanol–water partition coefficient (Wildman–Crippen LogP) is 2.04. The summed E-state index contributed by atoms with van der Waals surface area (Å²) < 4.78 is 5.20. The highest BCUT2D eigenvalue weighted by atomic mass is 35.5. The molecule has 0 atom stereocenters. The summed E-state index contributed by atoms with van der Waals surface area (Å²) in [6, 6.07) is 3.68. The Kier molecular flexibility index (Phi) is 3.88. The average Bonchev–Trinajstić information content (AvgIpc) is 2.30. The molecule has 98 valence electrons. The molecule has 1 saturated heterocycles. The van der Waals surface area contributed by atoms with Crippen LogP contribution in [0.3, 0.4) is 0 Å². The number of halogens is 1. The maximum atomic E-state index is 11.1. The van der Waals surface area contributed by atoms with Crippen LogP contribution in [-0.4, -0.2) is 36.1 Å². The SMILES string of the molecule is Cc1ccc(Cl)nc1CN(C=O)CC1(C)COC1. The van der Waals surface area contributed by atoms with Gasteiger partial charge in [-0.25, -0.2) is 4.98 Å². The summed E-state index contributed by atoms with van der Waals surface area (Å²) in [6.07, 6.45) is 0.867. The average molecular weight is 269 g/mol. The maximum Gasteiger partial charge on any atom is 0.210 e. The van der Waals surface area contributed by atoms with E-state index >= 15 is 0 Å². The number of aromatic nitrogens is 1. The Morgan fingerprint density at radius 2 is 2.28 bits per heavy atom. The minimum Gasteiger partial charge on any atom is -0.380 e. The molecule has 0 aliphatic carbocycles. The van der Waals surface area contributed by atoms with Crippen LogP contribution in [0.2, 0.25) is 5.15 Å². The van der Waals surface area contributed by atoms with Gasteiger partial charge in [-0.15, -0.1) is 0 Å². The number of rotatable bonds is 5. The Morgan fingerprint density at radius 3 is 2.83 bits per heavy atom. The molecule has 0 unspecified atom stereocenters. The van der Waals surface area contributed by atoms with Gasteiger partial charge in [0.15, 0.2) is 0 Å². The van der Waals surface area contributed by atoms with Gasteiger partial charge in [0.1, 0.15) is 5.15 Å². The van der Waals surface area contributed by atoms with Crippen LogP contribution in [0.15, 0.2) is 12.1 Å². The lowest BCUT2D eigenvalue weighted by molar-refractivity contribution is -0.134. The number of carbonyl (C=O) groups is 1. The second-order valence-electron chi connectivity index (χ2n) is 5.21. The molecule has 0 N–H and O–H groups in total. The van der Waals surface area contributed by atoms with E-state index in [-0.39, 0.29) is 5.41 Å². The summed E-state index contributed by atoms with van der Waals surface area (Å²) in [7, 11) is 0. The van der Waals surface area contributed by atoms with E-state index in [9.17, 15) is 4.79 Å². The third-order valence-corrected chi connectivity index (χ3v) is 3.37. The van der Waals surface area contributed by atoms with Crippen molar-refractivity contribution in [1.29, 1.82) is 0 Å². The van der Waals surface area contributed by atoms with E-state index in [0.29, 0.717) is 31.5 Å². The smallest absolute Gasteiger partial charge is 0.210 e. The van der Waals surface area contributed by atoms with E-state index < -0.39 is 0 Å². The lowest BCUT2D eigenvalue weighted by atomic mass is 9.88. The van der Waals surface area contributed by atoms with Gasteiger partial charge in [-0.3, -0.25) is 4.79 Å². The molecule has 0 saturated carbocycles. The third-order valence-electron chi connectivity index (χ3n) is 3.16. The van der Waals surface area contributed by atoms with E-state index in [2.05, 4.69) is 11.9 Å². The van der Waals surface area contributed by atoms with Crippen LogP contribution in [0, 0.1) is 12.3 Å². The van der Waals surface area contributed by atoms with E-state index in [4.69, 9.17) is 16.3 Å². The first-order valence-corrected chi connectivity index (χ1v) is 6.29. The number of aryl methyl sites for hydroxylation is 1. The molecular formula is C13H17ClN2O2. The summed E-state index contributed by atoms with van der Waals surface area (Å²) in [5.74, 6) is 0. The second kappa shape index (κ2) is 5.24. The van der Waals surface area contributed by atoms with Crippen LogP contribution in [0.5, 0.6) is 0 Å². The Morgan fingerprint density at radius 1 is 1.56 bits per heavy atom. The molecule has 1 aliphatic heterocycles. The maximum absolute atomic E-state index is 11.1. The van der Waals surface area contributed by atoms with Crippen molar-refractivity contribution >= 4 is 18.0 Å². The van der Waals surface area contributed by atoms with Crippen LogP contribution < -0.4 is 0 Å². The highest BCUT2D eigenvalue weighted by Gasteiger charge is 2.35.